The number of benzene rings is 1. The molecule has 2 N–H and O–H groups in total. The Morgan fingerprint density at radius 3 is 2.75 bits per heavy atom. The van der Waals surface area contributed by atoms with Crippen LogP contribution in [0, 0.1) is 6.92 Å². The largest absolute Gasteiger partial charge is 0.496 e. The van der Waals surface area contributed by atoms with E-state index in [1.807, 2.05) is 31.2 Å². The minimum atomic E-state index is 0.00325. The standard InChI is InChI=1S/C15H20N2O2S/c1-4-12(16)14(20-15-17-10(2)9-19-15)11-7-5-6-8-13(11)18-3/h5-9,12,14H,4,16H2,1-3H3. The molecule has 0 aliphatic heterocycles. The molecule has 2 aromatic rings. The number of aryl methyl sites for hydroxylation is 1. The Kier molecular flexibility index (Phi) is 5.09. The quantitative estimate of drug-likeness (QED) is 0.825. The van der Waals surface area contributed by atoms with Crippen LogP contribution in [0.15, 0.2) is 40.2 Å². The van der Waals surface area contributed by atoms with E-state index in [-0.39, 0.29) is 11.3 Å². The van der Waals surface area contributed by atoms with Gasteiger partial charge in [-0.1, -0.05) is 36.9 Å². The molecule has 1 aromatic heterocycles. The molecule has 0 radical (unpaired) electrons. The molecule has 0 bridgehead atoms. The number of methoxy groups -OCH3 is 1. The van der Waals surface area contributed by atoms with Gasteiger partial charge in [-0.05, 0) is 19.4 Å². The van der Waals surface area contributed by atoms with Crippen molar-refractivity contribution in [2.75, 3.05) is 7.11 Å². The van der Waals surface area contributed by atoms with E-state index in [0.29, 0.717) is 5.22 Å². The maximum atomic E-state index is 6.28. The first-order valence-corrected chi connectivity index (χ1v) is 7.51. The topological polar surface area (TPSA) is 61.3 Å². The highest BCUT2D eigenvalue weighted by atomic mass is 32.2. The minimum absolute atomic E-state index is 0.00325. The fourth-order valence-corrected chi connectivity index (χ4v) is 3.20. The van der Waals surface area contributed by atoms with Gasteiger partial charge < -0.3 is 14.9 Å². The highest BCUT2D eigenvalue weighted by molar-refractivity contribution is 7.99. The second-order valence-corrected chi connectivity index (χ2v) is 5.70. The third-order valence-corrected chi connectivity index (χ3v) is 4.38. The van der Waals surface area contributed by atoms with Crippen molar-refractivity contribution in [1.29, 1.82) is 0 Å². The molecule has 0 saturated heterocycles. The third-order valence-electron chi connectivity index (χ3n) is 3.13. The van der Waals surface area contributed by atoms with Crippen LogP contribution in [0.25, 0.3) is 0 Å². The Morgan fingerprint density at radius 1 is 1.40 bits per heavy atom. The van der Waals surface area contributed by atoms with Crippen molar-refractivity contribution in [2.24, 2.45) is 5.73 Å². The van der Waals surface area contributed by atoms with Gasteiger partial charge in [0.2, 0.25) is 0 Å². The van der Waals surface area contributed by atoms with Crippen molar-refractivity contribution in [2.45, 2.75) is 36.8 Å². The molecule has 2 atom stereocenters. The van der Waals surface area contributed by atoms with Crippen molar-refractivity contribution in [1.82, 2.24) is 4.98 Å². The van der Waals surface area contributed by atoms with Crippen molar-refractivity contribution < 1.29 is 9.15 Å². The maximum absolute atomic E-state index is 6.28. The summed E-state index contributed by atoms with van der Waals surface area (Å²) in [6, 6.07) is 7.95. The van der Waals surface area contributed by atoms with E-state index in [2.05, 4.69) is 11.9 Å². The maximum Gasteiger partial charge on any atom is 0.256 e. The van der Waals surface area contributed by atoms with E-state index >= 15 is 0 Å². The SMILES string of the molecule is CCC(N)C(Sc1nc(C)co1)c1ccccc1OC. The van der Waals surface area contributed by atoms with Crippen molar-refractivity contribution in [3.8, 4) is 5.75 Å². The summed E-state index contributed by atoms with van der Waals surface area (Å²) in [6.07, 6.45) is 2.52. The van der Waals surface area contributed by atoms with Gasteiger partial charge in [0, 0.05) is 11.6 Å². The first-order chi connectivity index (χ1) is 9.65. The summed E-state index contributed by atoms with van der Waals surface area (Å²) < 4.78 is 10.9. The van der Waals surface area contributed by atoms with Gasteiger partial charge in [0.15, 0.2) is 0 Å². The number of hydrogen-bond donors (Lipinski definition) is 1. The lowest BCUT2D eigenvalue weighted by Crippen LogP contribution is -2.26. The van der Waals surface area contributed by atoms with Crippen LogP contribution in [0.4, 0.5) is 0 Å². The van der Waals surface area contributed by atoms with Crippen LogP contribution < -0.4 is 10.5 Å². The molecule has 2 rings (SSSR count). The number of ether oxygens (including phenoxy) is 1. The van der Waals surface area contributed by atoms with Gasteiger partial charge in [-0.25, -0.2) is 4.98 Å². The number of nitrogens with zero attached hydrogens (tertiary/aromatic N) is 1. The monoisotopic (exact) mass is 292 g/mol. The molecule has 108 valence electrons. The molecular formula is C15H20N2O2S. The van der Waals surface area contributed by atoms with Crippen LogP contribution in [0.1, 0.15) is 29.9 Å². The number of nitrogens with two attached hydrogens (primary N) is 1. The highest BCUT2D eigenvalue weighted by Crippen LogP contribution is 2.41. The molecule has 0 aliphatic carbocycles. The van der Waals surface area contributed by atoms with Gasteiger partial charge in [-0.2, -0.15) is 0 Å². The van der Waals surface area contributed by atoms with Gasteiger partial charge in [0.25, 0.3) is 5.22 Å². The second kappa shape index (κ2) is 6.81. The average Bonchev–Trinajstić information content (AvgIpc) is 2.89. The molecule has 1 aromatic carbocycles. The number of aromatic nitrogens is 1. The number of rotatable bonds is 6. The van der Waals surface area contributed by atoms with E-state index in [4.69, 9.17) is 14.9 Å². The van der Waals surface area contributed by atoms with Crippen molar-refractivity contribution in [3.63, 3.8) is 0 Å². The average molecular weight is 292 g/mol. The molecule has 0 fully saturated rings. The van der Waals surface area contributed by atoms with Crippen LogP contribution in [0.3, 0.4) is 0 Å². The summed E-state index contributed by atoms with van der Waals surface area (Å²) >= 11 is 1.54. The lowest BCUT2D eigenvalue weighted by atomic mass is 10.0. The summed E-state index contributed by atoms with van der Waals surface area (Å²) in [4.78, 5) is 4.35. The van der Waals surface area contributed by atoms with Gasteiger partial charge in [0.05, 0.1) is 18.1 Å². The number of para-hydroxylation sites is 1. The number of hydrogen-bond acceptors (Lipinski definition) is 5. The summed E-state index contributed by atoms with van der Waals surface area (Å²) in [6.45, 7) is 3.99. The Hall–Kier alpha value is -1.46. The zero-order chi connectivity index (χ0) is 14.5. The van der Waals surface area contributed by atoms with Crippen LogP contribution in [-0.4, -0.2) is 18.1 Å². The smallest absolute Gasteiger partial charge is 0.256 e. The second-order valence-electron chi connectivity index (χ2n) is 4.61. The van der Waals surface area contributed by atoms with Crippen molar-refractivity contribution >= 4 is 11.8 Å². The predicted molar refractivity (Wildman–Crippen MR) is 81.1 cm³/mol. The lowest BCUT2D eigenvalue weighted by Gasteiger charge is -2.23. The molecule has 2 unspecified atom stereocenters. The van der Waals surface area contributed by atoms with Crippen LogP contribution >= 0.6 is 11.8 Å². The van der Waals surface area contributed by atoms with Crippen molar-refractivity contribution in [3.05, 3.63) is 41.8 Å². The third kappa shape index (κ3) is 3.35. The molecule has 0 amide bonds. The fourth-order valence-electron chi connectivity index (χ4n) is 1.99. The van der Waals surface area contributed by atoms with Crippen LogP contribution in [0.2, 0.25) is 0 Å². The summed E-state index contributed by atoms with van der Waals surface area (Å²) in [7, 11) is 1.67. The fraction of sp³-hybridized carbons (Fsp3) is 0.400. The first kappa shape index (κ1) is 14.9. The Labute approximate surface area is 123 Å². The first-order valence-electron chi connectivity index (χ1n) is 6.63. The molecule has 0 aliphatic rings. The molecule has 0 spiro atoms. The van der Waals surface area contributed by atoms with E-state index in [1.54, 1.807) is 25.1 Å². The molecule has 20 heavy (non-hydrogen) atoms. The predicted octanol–water partition coefficient (Wildman–Crippen LogP) is 3.56. The van der Waals surface area contributed by atoms with E-state index in [0.717, 1.165) is 23.4 Å². The van der Waals surface area contributed by atoms with Gasteiger partial charge in [-0.15, -0.1) is 0 Å². The molecular weight excluding hydrogens is 272 g/mol. The number of thioether (sulfide) groups is 1. The van der Waals surface area contributed by atoms with Gasteiger partial charge in [-0.3, -0.25) is 0 Å². The Balaban J connectivity index is 2.32. The number of oxazole rings is 1. The lowest BCUT2D eigenvalue weighted by molar-refractivity contribution is 0.406. The Morgan fingerprint density at radius 2 is 2.15 bits per heavy atom. The van der Waals surface area contributed by atoms with E-state index in [9.17, 15) is 0 Å². The van der Waals surface area contributed by atoms with E-state index < -0.39 is 0 Å². The molecule has 1 heterocycles. The summed E-state index contributed by atoms with van der Waals surface area (Å²) in [5, 5.41) is 0.691. The van der Waals surface area contributed by atoms with E-state index in [1.165, 1.54) is 0 Å². The Bertz CT molecular complexity index is 556. The minimum Gasteiger partial charge on any atom is -0.496 e. The van der Waals surface area contributed by atoms with Crippen LogP contribution in [-0.2, 0) is 0 Å². The molecule has 4 nitrogen and oxygen atoms in total. The molecule has 0 saturated carbocycles. The zero-order valence-corrected chi connectivity index (χ0v) is 12.8. The van der Waals surface area contributed by atoms with Crippen LogP contribution in [0.5, 0.6) is 5.75 Å². The highest BCUT2D eigenvalue weighted by Gasteiger charge is 2.25. The van der Waals surface area contributed by atoms with Gasteiger partial charge in [0.1, 0.15) is 12.0 Å². The van der Waals surface area contributed by atoms with Gasteiger partial charge >= 0.3 is 0 Å². The zero-order valence-electron chi connectivity index (χ0n) is 12.0. The summed E-state index contributed by atoms with van der Waals surface area (Å²) in [5.41, 5.74) is 8.23. The molecule has 5 heteroatoms. The normalized spacial score (nSPS) is 14.0. The summed E-state index contributed by atoms with van der Waals surface area (Å²) in [5.74, 6) is 0.845.